The Morgan fingerprint density at radius 1 is 0.786 bits per heavy atom. The molecule has 9 nitrogen and oxygen atoms in total. The van der Waals surface area contributed by atoms with Crippen LogP contribution >= 0.6 is 0 Å². The molecule has 42 heavy (non-hydrogen) atoms. The van der Waals surface area contributed by atoms with E-state index in [1.54, 1.807) is 33.5 Å². The van der Waals surface area contributed by atoms with Gasteiger partial charge in [-0.25, -0.2) is 0 Å². The Balaban J connectivity index is 1.33. The average Bonchev–Trinajstić information content (AvgIpc) is 3.19. The van der Waals surface area contributed by atoms with Gasteiger partial charge in [-0.1, -0.05) is 6.42 Å². The Morgan fingerprint density at radius 2 is 1.38 bits per heavy atom. The summed E-state index contributed by atoms with van der Waals surface area (Å²) < 4.78 is 21.6. The molecule has 1 aliphatic rings. The van der Waals surface area contributed by atoms with Crippen molar-refractivity contribution in [1.29, 1.82) is 0 Å². The molecule has 232 valence electrons. The van der Waals surface area contributed by atoms with Gasteiger partial charge in [-0.15, -0.1) is 0 Å². The van der Waals surface area contributed by atoms with Crippen LogP contribution in [0.3, 0.4) is 0 Å². The summed E-state index contributed by atoms with van der Waals surface area (Å²) >= 11 is 0. The van der Waals surface area contributed by atoms with Crippen molar-refractivity contribution in [3.63, 3.8) is 0 Å². The van der Waals surface area contributed by atoms with Gasteiger partial charge in [0.25, 0.3) is 0 Å². The van der Waals surface area contributed by atoms with Crippen molar-refractivity contribution in [1.82, 2.24) is 9.80 Å². The number of carbonyl (C=O) groups is 2. The topological polar surface area (TPSA) is 89.6 Å². The molecule has 1 heterocycles. The predicted molar refractivity (Wildman–Crippen MR) is 166 cm³/mol. The highest BCUT2D eigenvalue weighted by molar-refractivity contribution is 5.92. The van der Waals surface area contributed by atoms with Crippen LogP contribution in [-0.4, -0.2) is 82.3 Å². The second kappa shape index (κ2) is 17.0. The van der Waals surface area contributed by atoms with E-state index in [1.165, 1.54) is 25.3 Å². The number of ether oxygens (including phenoxy) is 4. The quantitative estimate of drug-likeness (QED) is 0.170. The molecule has 0 bridgehead atoms. The van der Waals surface area contributed by atoms with Crippen molar-refractivity contribution >= 4 is 17.6 Å². The molecule has 0 atom stereocenters. The fourth-order valence-corrected chi connectivity index (χ4v) is 5.60. The van der Waals surface area contributed by atoms with Crippen LogP contribution in [0, 0.1) is 13.8 Å². The molecule has 1 N–H and O–H groups in total. The van der Waals surface area contributed by atoms with E-state index >= 15 is 0 Å². The van der Waals surface area contributed by atoms with Gasteiger partial charge in [0.15, 0.2) is 11.5 Å². The van der Waals surface area contributed by atoms with Crippen molar-refractivity contribution < 1.29 is 28.5 Å². The summed E-state index contributed by atoms with van der Waals surface area (Å²) in [5.74, 6) is 2.21. The molecule has 0 radical (unpaired) electrons. The smallest absolute Gasteiger partial charge is 0.308 e. The third kappa shape index (κ3) is 10.2. The fourth-order valence-electron chi connectivity index (χ4n) is 5.60. The third-order valence-electron chi connectivity index (χ3n) is 7.76. The number of rotatable bonds is 15. The molecule has 1 aliphatic heterocycles. The summed E-state index contributed by atoms with van der Waals surface area (Å²) in [5.41, 5.74) is 3.76. The SMILES string of the molecule is COc1cc(CCCCCN2CCCN(CCCC(=O)Nc3c(C)cc(OC(C)=O)cc3C)CC2)cc(OC)c1OC. The summed E-state index contributed by atoms with van der Waals surface area (Å²) in [4.78, 5) is 29.0. The van der Waals surface area contributed by atoms with Gasteiger partial charge in [0, 0.05) is 32.1 Å². The number of carbonyl (C=O) groups excluding carboxylic acids is 2. The van der Waals surface area contributed by atoms with Gasteiger partial charge in [-0.3, -0.25) is 9.59 Å². The minimum Gasteiger partial charge on any atom is -0.493 e. The molecule has 2 aromatic rings. The normalized spacial score (nSPS) is 14.2. The van der Waals surface area contributed by atoms with Crippen LogP contribution < -0.4 is 24.3 Å². The van der Waals surface area contributed by atoms with Gasteiger partial charge in [0.1, 0.15) is 5.75 Å². The number of aryl methyl sites for hydroxylation is 3. The molecule has 0 saturated carbocycles. The van der Waals surface area contributed by atoms with Gasteiger partial charge in [-0.05, 0) is 113 Å². The lowest BCUT2D eigenvalue weighted by molar-refractivity contribution is -0.131. The fraction of sp³-hybridized carbons (Fsp3) is 0.576. The first kappa shape index (κ1) is 33.2. The van der Waals surface area contributed by atoms with Crippen LogP contribution in [-0.2, 0) is 16.0 Å². The monoisotopic (exact) mass is 583 g/mol. The standard InChI is InChI=1S/C33H49N3O6/c1-24-20-28(42-26(3)37)21-25(2)32(24)34-31(38)13-10-15-36-17-11-16-35(18-19-36)14-9-7-8-12-27-22-29(39-4)33(41-6)30(23-27)40-5/h20-23H,7-19H2,1-6H3,(H,34,38). The van der Waals surface area contributed by atoms with E-state index in [0.29, 0.717) is 29.4 Å². The summed E-state index contributed by atoms with van der Waals surface area (Å²) in [7, 11) is 4.93. The maximum atomic E-state index is 12.7. The van der Waals surface area contributed by atoms with E-state index in [-0.39, 0.29) is 11.9 Å². The minimum atomic E-state index is -0.355. The minimum absolute atomic E-state index is 0.0180. The zero-order valence-electron chi connectivity index (χ0n) is 26.3. The molecule has 0 aliphatic carbocycles. The van der Waals surface area contributed by atoms with E-state index in [1.807, 2.05) is 26.0 Å². The Labute approximate surface area is 251 Å². The first-order chi connectivity index (χ1) is 20.2. The van der Waals surface area contributed by atoms with Crippen molar-refractivity contribution in [2.75, 3.05) is 65.9 Å². The van der Waals surface area contributed by atoms with Gasteiger partial charge in [0.2, 0.25) is 11.7 Å². The lowest BCUT2D eigenvalue weighted by Gasteiger charge is -2.22. The first-order valence-electron chi connectivity index (χ1n) is 15.1. The van der Waals surface area contributed by atoms with Crippen molar-refractivity contribution in [2.45, 2.75) is 65.7 Å². The van der Waals surface area contributed by atoms with Crippen molar-refractivity contribution in [3.05, 3.63) is 41.0 Å². The predicted octanol–water partition coefficient (Wildman–Crippen LogP) is 5.39. The summed E-state index contributed by atoms with van der Waals surface area (Å²) in [6.45, 7) is 11.6. The van der Waals surface area contributed by atoms with E-state index in [0.717, 1.165) is 81.8 Å². The molecule has 1 fully saturated rings. The van der Waals surface area contributed by atoms with E-state index < -0.39 is 0 Å². The lowest BCUT2D eigenvalue weighted by Crippen LogP contribution is -2.32. The number of methoxy groups -OCH3 is 3. The average molecular weight is 584 g/mol. The number of esters is 1. The molecule has 1 amide bonds. The Bertz CT molecular complexity index is 1140. The van der Waals surface area contributed by atoms with Gasteiger partial charge < -0.3 is 34.1 Å². The number of hydrogen-bond donors (Lipinski definition) is 1. The maximum Gasteiger partial charge on any atom is 0.308 e. The van der Waals surface area contributed by atoms with Crippen LogP contribution in [0.2, 0.25) is 0 Å². The molecule has 9 heteroatoms. The summed E-state index contributed by atoms with van der Waals surface area (Å²) in [6, 6.07) is 7.65. The van der Waals surface area contributed by atoms with E-state index in [2.05, 4.69) is 15.1 Å². The summed E-state index contributed by atoms with van der Waals surface area (Å²) in [5, 5.41) is 3.05. The number of hydrogen-bond acceptors (Lipinski definition) is 8. The lowest BCUT2D eigenvalue weighted by atomic mass is 10.1. The first-order valence-corrected chi connectivity index (χ1v) is 15.1. The molecule has 1 saturated heterocycles. The largest absolute Gasteiger partial charge is 0.493 e. The highest BCUT2D eigenvalue weighted by Gasteiger charge is 2.16. The van der Waals surface area contributed by atoms with Crippen LogP contribution in [0.1, 0.15) is 62.1 Å². The van der Waals surface area contributed by atoms with Crippen LogP contribution in [0.25, 0.3) is 0 Å². The van der Waals surface area contributed by atoms with Crippen LogP contribution in [0.5, 0.6) is 23.0 Å². The second-order valence-corrected chi connectivity index (χ2v) is 11.1. The molecule has 2 aromatic carbocycles. The highest BCUT2D eigenvalue weighted by Crippen LogP contribution is 2.38. The number of anilines is 1. The molecule has 0 spiro atoms. The van der Waals surface area contributed by atoms with Crippen molar-refractivity contribution in [3.8, 4) is 23.0 Å². The van der Waals surface area contributed by atoms with Gasteiger partial charge in [0.05, 0.1) is 21.3 Å². The molecule has 3 rings (SSSR count). The summed E-state index contributed by atoms with van der Waals surface area (Å²) in [6.07, 6.45) is 6.94. The molecular formula is C33H49N3O6. The number of nitrogens with one attached hydrogen (secondary N) is 1. The second-order valence-electron chi connectivity index (χ2n) is 11.1. The molecular weight excluding hydrogens is 534 g/mol. The Hall–Kier alpha value is -3.30. The number of amides is 1. The highest BCUT2D eigenvalue weighted by atomic mass is 16.5. The number of nitrogens with zero attached hydrogens (tertiary/aromatic N) is 2. The molecule has 0 aromatic heterocycles. The zero-order valence-corrected chi connectivity index (χ0v) is 26.3. The van der Waals surface area contributed by atoms with Gasteiger partial charge in [-0.2, -0.15) is 0 Å². The number of benzene rings is 2. The Kier molecular flexibility index (Phi) is 13.4. The van der Waals surface area contributed by atoms with E-state index in [9.17, 15) is 9.59 Å². The maximum absolute atomic E-state index is 12.7. The molecule has 0 unspecified atom stereocenters. The Morgan fingerprint density at radius 3 is 1.93 bits per heavy atom. The van der Waals surface area contributed by atoms with Crippen LogP contribution in [0.4, 0.5) is 5.69 Å². The number of unbranched alkanes of at least 4 members (excludes halogenated alkanes) is 2. The zero-order chi connectivity index (χ0) is 30.5. The van der Waals surface area contributed by atoms with Gasteiger partial charge >= 0.3 is 5.97 Å². The van der Waals surface area contributed by atoms with E-state index in [4.69, 9.17) is 18.9 Å². The third-order valence-corrected chi connectivity index (χ3v) is 7.76. The van der Waals surface area contributed by atoms with Crippen molar-refractivity contribution in [2.24, 2.45) is 0 Å². The van der Waals surface area contributed by atoms with Crippen LogP contribution in [0.15, 0.2) is 24.3 Å².